The van der Waals surface area contributed by atoms with Crippen LogP contribution in [0.5, 0.6) is 0 Å². The van der Waals surface area contributed by atoms with Gasteiger partial charge >= 0.3 is 6.03 Å². The summed E-state index contributed by atoms with van der Waals surface area (Å²) in [4.78, 5) is 18.4. The lowest BCUT2D eigenvalue weighted by atomic mass is 10.1. The maximum absolute atomic E-state index is 12.0. The van der Waals surface area contributed by atoms with Crippen LogP contribution in [0.2, 0.25) is 5.15 Å². The minimum atomic E-state index is -0.243. The van der Waals surface area contributed by atoms with Crippen molar-refractivity contribution in [3.8, 4) is 0 Å². The normalized spacial score (nSPS) is 17.4. The lowest BCUT2D eigenvalue weighted by Gasteiger charge is -2.18. The molecule has 2 heterocycles. The highest BCUT2D eigenvalue weighted by atomic mass is 35.5. The molecule has 0 radical (unpaired) electrons. The number of aryl methyl sites for hydroxylation is 1. The number of nitrogens with one attached hydrogen (secondary N) is 2. The molecule has 1 fully saturated rings. The molecule has 0 spiro atoms. The predicted octanol–water partition coefficient (Wildman–Crippen LogP) is 3.69. The van der Waals surface area contributed by atoms with Gasteiger partial charge in [-0.15, -0.1) is 0 Å². The third-order valence-corrected chi connectivity index (χ3v) is 4.88. The number of aromatic nitrogens is 1. The molecule has 2 amide bonds. The standard InChI is InChI=1S/C19H23ClN4O/c1-14-5-2-3-6-16(14)13-24-10-8-15(12-24)11-22-19(25)23-17-7-4-9-21-18(17)20/h2-7,9,15H,8,10-13H2,1H3,(H2,22,23,25). The van der Waals surface area contributed by atoms with E-state index in [0.717, 1.165) is 26.1 Å². The second kappa shape index (κ2) is 8.32. The van der Waals surface area contributed by atoms with Crippen LogP contribution < -0.4 is 10.6 Å². The van der Waals surface area contributed by atoms with Gasteiger partial charge in [-0.05, 0) is 49.1 Å². The first-order valence-corrected chi connectivity index (χ1v) is 8.92. The highest BCUT2D eigenvalue weighted by Gasteiger charge is 2.23. The maximum Gasteiger partial charge on any atom is 0.319 e. The number of benzene rings is 1. The number of urea groups is 1. The van der Waals surface area contributed by atoms with Gasteiger partial charge in [0.1, 0.15) is 0 Å². The van der Waals surface area contributed by atoms with E-state index in [1.165, 1.54) is 11.1 Å². The number of carbonyl (C=O) groups excluding carboxylic acids is 1. The topological polar surface area (TPSA) is 57.3 Å². The first-order valence-electron chi connectivity index (χ1n) is 8.54. The van der Waals surface area contributed by atoms with Gasteiger partial charge < -0.3 is 10.6 Å². The van der Waals surface area contributed by atoms with Crippen LogP contribution in [0.4, 0.5) is 10.5 Å². The van der Waals surface area contributed by atoms with Crippen molar-refractivity contribution >= 4 is 23.3 Å². The Morgan fingerprint density at radius 2 is 2.16 bits per heavy atom. The van der Waals surface area contributed by atoms with Gasteiger partial charge in [-0.3, -0.25) is 4.90 Å². The predicted molar refractivity (Wildman–Crippen MR) is 101 cm³/mol. The first-order chi connectivity index (χ1) is 12.1. The van der Waals surface area contributed by atoms with Gasteiger partial charge in [0.05, 0.1) is 5.69 Å². The highest BCUT2D eigenvalue weighted by molar-refractivity contribution is 6.32. The number of anilines is 1. The monoisotopic (exact) mass is 358 g/mol. The largest absolute Gasteiger partial charge is 0.338 e. The molecule has 1 aliphatic rings. The molecule has 6 heteroatoms. The summed E-state index contributed by atoms with van der Waals surface area (Å²) in [6.45, 7) is 5.85. The summed E-state index contributed by atoms with van der Waals surface area (Å²) >= 11 is 5.94. The summed E-state index contributed by atoms with van der Waals surface area (Å²) in [5.41, 5.74) is 3.23. The summed E-state index contributed by atoms with van der Waals surface area (Å²) in [5, 5.41) is 5.96. The summed E-state index contributed by atoms with van der Waals surface area (Å²) in [6, 6.07) is 11.7. The molecule has 0 saturated carbocycles. The molecule has 1 aromatic carbocycles. The van der Waals surface area contributed by atoms with E-state index in [1.54, 1.807) is 18.3 Å². The Morgan fingerprint density at radius 1 is 1.32 bits per heavy atom. The molecule has 25 heavy (non-hydrogen) atoms. The average molecular weight is 359 g/mol. The lowest BCUT2D eigenvalue weighted by Crippen LogP contribution is -2.34. The van der Waals surface area contributed by atoms with Crippen LogP contribution >= 0.6 is 11.6 Å². The number of rotatable bonds is 5. The first kappa shape index (κ1) is 17.7. The lowest BCUT2D eigenvalue weighted by molar-refractivity contribution is 0.249. The fraction of sp³-hybridized carbons (Fsp3) is 0.368. The van der Waals surface area contributed by atoms with E-state index in [4.69, 9.17) is 11.6 Å². The zero-order valence-electron chi connectivity index (χ0n) is 14.3. The fourth-order valence-electron chi connectivity index (χ4n) is 3.13. The molecule has 0 aliphatic carbocycles. The van der Waals surface area contributed by atoms with Crippen molar-refractivity contribution in [3.63, 3.8) is 0 Å². The van der Waals surface area contributed by atoms with E-state index in [9.17, 15) is 4.79 Å². The van der Waals surface area contributed by atoms with Crippen molar-refractivity contribution < 1.29 is 4.79 Å². The molecule has 1 atom stereocenters. The molecular formula is C19H23ClN4O. The summed E-state index contributed by atoms with van der Waals surface area (Å²) in [7, 11) is 0. The van der Waals surface area contributed by atoms with E-state index < -0.39 is 0 Å². The van der Waals surface area contributed by atoms with Crippen molar-refractivity contribution in [2.45, 2.75) is 19.9 Å². The number of hydrogen-bond donors (Lipinski definition) is 2. The summed E-state index contributed by atoms with van der Waals surface area (Å²) < 4.78 is 0. The van der Waals surface area contributed by atoms with Crippen molar-refractivity contribution in [2.24, 2.45) is 5.92 Å². The molecule has 132 valence electrons. The van der Waals surface area contributed by atoms with Crippen LogP contribution in [0.15, 0.2) is 42.6 Å². The molecule has 1 saturated heterocycles. The van der Waals surface area contributed by atoms with Gasteiger partial charge in [0.15, 0.2) is 5.15 Å². The van der Waals surface area contributed by atoms with Crippen molar-refractivity contribution in [1.29, 1.82) is 0 Å². The van der Waals surface area contributed by atoms with Crippen LogP contribution in [-0.2, 0) is 6.54 Å². The number of likely N-dealkylation sites (tertiary alicyclic amines) is 1. The Morgan fingerprint density at radius 3 is 2.96 bits per heavy atom. The smallest absolute Gasteiger partial charge is 0.319 e. The van der Waals surface area contributed by atoms with Crippen LogP contribution in [0.3, 0.4) is 0 Å². The van der Waals surface area contributed by atoms with E-state index in [2.05, 4.69) is 51.7 Å². The van der Waals surface area contributed by atoms with Gasteiger partial charge in [-0.1, -0.05) is 35.9 Å². The Bertz CT molecular complexity index is 737. The molecule has 5 nitrogen and oxygen atoms in total. The van der Waals surface area contributed by atoms with E-state index in [-0.39, 0.29) is 6.03 Å². The zero-order valence-corrected chi connectivity index (χ0v) is 15.1. The number of pyridine rings is 1. The Kier molecular flexibility index (Phi) is 5.89. The molecule has 0 bridgehead atoms. The molecule has 1 aromatic heterocycles. The third kappa shape index (κ3) is 4.94. The SMILES string of the molecule is Cc1ccccc1CN1CCC(CNC(=O)Nc2cccnc2Cl)C1. The van der Waals surface area contributed by atoms with Crippen molar-refractivity contribution in [3.05, 3.63) is 58.9 Å². The quantitative estimate of drug-likeness (QED) is 0.801. The molecule has 2 N–H and O–H groups in total. The third-order valence-electron chi connectivity index (χ3n) is 4.58. The Balaban J connectivity index is 1.43. The van der Waals surface area contributed by atoms with Crippen LogP contribution in [-0.4, -0.2) is 35.5 Å². The number of amides is 2. The maximum atomic E-state index is 12.0. The summed E-state index contributed by atoms with van der Waals surface area (Å²) in [5.74, 6) is 0.471. The number of nitrogens with zero attached hydrogens (tertiary/aromatic N) is 2. The van der Waals surface area contributed by atoms with Crippen LogP contribution in [0.25, 0.3) is 0 Å². The zero-order chi connectivity index (χ0) is 17.6. The Hall–Kier alpha value is -2.11. The Labute approximate surface area is 153 Å². The molecular weight excluding hydrogens is 336 g/mol. The molecule has 1 aliphatic heterocycles. The van der Waals surface area contributed by atoms with Gasteiger partial charge in [0.25, 0.3) is 0 Å². The fourth-order valence-corrected chi connectivity index (χ4v) is 3.30. The second-order valence-electron chi connectivity index (χ2n) is 6.49. The second-order valence-corrected chi connectivity index (χ2v) is 6.85. The van der Waals surface area contributed by atoms with Gasteiger partial charge in [-0.25, -0.2) is 9.78 Å². The van der Waals surface area contributed by atoms with Crippen molar-refractivity contribution in [2.75, 3.05) is 25.0 Å². The number of hydrogen-bond acceptors (Lipinski definition) is 3. The minimum absolute atomic E-state index is 0.243. The molecule has 1 unspecified atom stereocenters. The summed E-state index contributed by atoms with van der Waals surface area (Å²) in [6.07, 6.45) is 2.69. The van der Waals surface area contributed by atoms with Crippen molar-refractivity contribution in [1.82, 2.24) is 15.2 Å². The minimum Gasteiger partial charge on any atom is -0.338 e. The van der Waals surface area contributed by atoms with Crippen LogP contribution in [0, 0.1) is 12.8 Å². The average Bonchev–Trinajstić information content (AvgIpc) is 3.05. The van der Waals surface area contributed by atoms with Gasteiger partial charge in [0.2, 0.25) is 0 Å². The van der Waals surface area contributed by atoms with Crippen LogP contribution in [0.1, 0.15) is 17.5 Å². The molecule has 2 aromatic rings. The van der Waals surface area contributed by atoms with E-state index in [1.807, 2.05) is 0 Å². The number of carbonyl (C=O) groups is 1. The highest BCUT2D eigenvalue weighted by Crippen LogP contribution is 2.20. The number of halogens is 1. The van der Waals surface area contributed by atoms with Gasteiger partial charge in [-0.2, -0.15) is 0 Å². The van der Waals surface area contributed by atoms with Gasteiger partial charge in [0, 0.05) is 25.8 Å². The van der Waals surface area contributed by atoms with E-state index in [0.29, 0.717) is 23.3 Å². The molecule has 3 rings (SSSR count). The van der Waals surface area contributed by atoms with E-state index >= 15 is 0 Å².